The van der Waals surface area contributed by atoms with E-state index in [1.807, 2.05) is 45.7 Å². The Balaban J connectivity index is 1.71. The Morgan fingerprint density at radius 3 is 2.62 bits per heavy atom. The van der Waals surface area contributed by atoms with Crippen LogP contribution >= 0.6 is 22.6 Å². The van der Waals surface area contributed by atoms with Gasteiger partial charge in [-0.05, 0) is 59.2 Å². The maximum Gasteiger partial charge on any atom is 0.254 e. The highest BCUT2D eigenvalue weighted by Crippen LogP contribution is 2.24. The van der Waals surface area contributed by atoms with E-state index in [0.717, 1.165) is 19.4 Å². The molecule has 0 aromatic heterocycles. The second-order valence-electron chi connectivity index (χ2n) is 5.26. The summed E-state index contributed by atoms with van der Waals surface area (Å²) in [7, 11) is 0. The van der Waals surface area contributed by atoms with Gasteiger partial charge in [-0.1, -0.05) is 30.3 Å². The van der Waals surface area contributed by atoms with Crippen molar-refractivity contribution in [2.75, 3.05) is 6.54 Å². The van der Waals surface area contributed by atoms with Crippen molar-refractivity contribution in [1.29, 1.82) is 0 Å². The number of hydrogen-bond acceptors (Lipinski definition) is 1. The van der Waals surface area contributed by atoms with E-state index in [1.54, 1.807) is 12.1 Å². The quantitative estimate of drug-likeness (QED) is 0.723. The van der Waals surface area contributed by atoms with E-state index in [9.17, 15) is 9.18 Å². The highest BCUT2D eigenvalue weighted by atomic mass is 127. The first-order chi connectivity index (χ1) is 10.1. The van der Waals surface area contributed by atoms with E-state index in [1.165, 1.54) is 11.6 Å². The number of likely N-dealkylation sites (tertiary alicyclic amines) is 1. The first kappa shape index (κ1) is 14.5. The molecule has 1 fully saturated rings. The van der Waals surface area contributed by atoms with E-state index in [4.69, 9.17) is 0 Å². The fourth-order valence-corrected chi connectivity index (χ4v) is 2.94. The number of benzene rings is 2. The smallest absolute Gasteiger partial charge is 0.254 e. The molecule has 2 aromatic rings. The zero-order valence-electron chi connectivity index (χ0n) is 11.4. The van der Waals surface area contributed by atoms with Gasteiger partial charge in [0.1, 0.15) is 5.82 Å². The summed E-state index contributed by atoms with van der Waals surface area (Å²) < 4.78 is 14.1. The first-order valence-corrected chi connectivity index (χ1v) is 8.03. The lowest BCUT2D eigenvalue weighted by molar-refractivity contribution is 0.0464. The van der Waals surface area contributed by atoms with Crippen LogP contribution in [0.2, 0.25) is 0 Å². The van der Waals surface area contributed by atoms with Gasteiger partial charge in [0.05, 0.1) is 0 Å². The van der Waals surface area contributed by atoms with Crippen LogP contribution in [0.5, 0.6) is 0 Å². The van der Waals surface area contributed by atoms with Gasteiger partial charge in [0.25, 0.3) is 5.91 Å². The van der Waals surface area contributed by atoms with Crippen LogP contribution in [0.25, 0.3) is 0 Å². The Labute approximate surface area is 137 Å². The molecule has 4 heteroatoms. The number of nitrogens with zero attached hydrogens (tertiary/aromatic N) is 1. The normalized spacial score (nSPS) is 17.4. The predicted molar refractivity (Wildman–Crippen MR) is 88.7 cm³/mol. The second kappa shape index (κ2) is 6.13. The maximum atomic E-state index is 13.6. The van der Waals surface area contributed by atoms with E-state index >= 15 is 0 Å². The van der Waals surface area contributed by atoms with Crippen molar-refractivity contribution in [1.82, 2.24) is 4.90 Å². The zero-order valence-corrected chi connectivity index (χ0v) is 13.6. The lowest BCUT2D eigenvalue weighted by Crippen LogP contribution is -2.52. The largest absolute Gasteiger partial charge is 0.335 e. The summed E-state index contributed by atoms with van der Waals surface area (Å²) in [4.78, 5) is 14.3. The van der Waals surface area contributed by atoms with E-state index in [2.05, 4.69) is 12.1 Å². The molecule has 0 saturated carbocycles. The fraction of sp³-hybridized carbons (Fsp3) is 0.235. The minimum Gasteiger partial charge on any atom is -0.335 e. The lowest BCUT2D eigenvalue weighted by atomic mass is 9.94. The summed E-state index contributed by atoms with van der Waals surface area (Å²) >= 11 is 1.92. The van der Waals surface area contributed by atoms with Crippen LogP contribution in [0.4, 0.5) is 4.39 Å². The molecule has 0 radical (unpaired) electrons. The van der Waals surface area contributed by atoms with Gasteiger partial charge in [0.2, 0.25) is 0 Å². The number of hydrogen-bond donors (Lipinski definition) is 0. The first-order valence-electron chi connectivity index (χ1n) is 6.95. The minimum atomic E-state index is -0.332. The molecule has 2 nitrogen and oxygen atoms in total. The molecule has 1 aliphatic heterocycles. The monoisotopic (exact) mass is 395 g/mol. The average Bonchev–Trinajstić information content (AvgIpc) is 2.47. The summed E-state index contributed by atoms with van der Waals surface area (Å²) in [6.45, 7) is 0.754. The van der Waals surface area contributed by atoms with Gasteiger partial charge < -0.3 is 4.90 Å². The third-order valence-corrected chi connectivity index (χ3v) is 4.76. The minimum absolute atomic E-state index is 0.0718. The van der Waals surface area contributed by atoms with Crippen molar-refractivity contribution in [2.45, 2.75) is 18.9 Å². The maximum absolute atomic E-state index is 13.6. The van der Waals surface area contributed by atoms with E-state index in [-0.39, 0.29) is 17.8 Å². The summed E-state index contributed by atoms with van der Waals surface area (Å²) in [5.74, 6) is -0.404. The van der Waals surface area contributed by atoms with Gasteiger partial charge in [-0.3, -0.25) is 4.79 Å². The Morgan fingerprint density at radius 2 is 2.00 bits per heavy atom. The molecule has 0 aliphatic carbocycles. The van der Waals surface area contributed by atoms with Gasteiger partial charge in [-0.25, -0.2) is 4.39 Å². The molecule has 2 aromatic carbocycles. The van der Waals surface area contributed by atoms with E-state index < -0.39 is 0 Å². The lowest BCUT2D eigenvalue weighted by Gasteiger charge is -2.41. The van der Waals surface area contributed by atoms with Crippen LogP contribution in [0.15, 0.2) is 48.5 Å². The van der Waals surface area contributed by atoms with Crippen LogP contribution in [-0.2, 0) is 6.42 Å². The molecule has 0 N–H and O–H groups in total. The number of carbonyl (C=O) groups is 1. The van der Waals surface area contributed by atoms with Crippen LogP contribution in [-0.4, -0.2) is 23.4 Å². The van der Waals surface area contributed by atoms with Gasteiger partial charge in [0.15, 0.2) is 0 Å². The Kier molecular flexibility index (Phi) is 4.24. The molecule has 21 heavy (non-hydrogen) atoms. The van der Waals surface area contributed by atoms with Crippen LogP contribution in [0, 0.1) is 9.39 Å². The average molecular weight is 395 g/mol. The number of halogens is 2. The molecule has 0 bridgehead atoms. The number of rotatable bonds is 3. The van der Waals surface area contributed by atoms with Gasteiger partial charge in [-0.2, -0.15) is 0 Å². The molecule has 1 aliphatic rings. The Morgan fingerprint density at radius 1 is 1.24 bits per heavy atom. The SMILES string of the molecule is O=C(c1ccc(I)c(F)c1)N1CC[C@@H]1Cc1ccccc1. The van der Waals surface area contributed by atoms with Crippen LogP contribution < -0.4 is 0 Å². The molecule has 1 saturated heterocycles. The Bertz CT molecular complexity index is 659. The number of carbonyl (C=O) groups excluding carboxylic acids is 1. The number of amides is 1. The molecular weight excluding hydrogens is 380 g/mol. The molecule has 3 rings (SSSR count). The Hall–Kier alpha value is -1.43. The van der Waals surface area contributed by atoms with Crippen LogP contribution in [0.1, 0.15) is 22.3 Å². The van der Waals surface area contributed by atoms with Crippen molar-refractivity contribution in [3.8, 4) is 0 Å². The highest BCUT2D eigenvalue weighted by molar-refractivity contribution is 14.1. The molecule has 1 amide bonds. The van der Waals surface area contributed by atoms with Gasteiger partial charge in [-0.15, -0.1) is 0 Å². The molecule has 1 atom stereocenters. The van der Waals surface area contributed by atoms with Crippen molar-refractivity contribution < 1.29 is 9.18 Å². The summed E-state index contributed by atoms with van der Waals surface area (Å²) in [6.07, 6.45) is 1.87. The standard InChI is InChI=1S/C17H15FINO/c18-15-11-13(6-7-16(15)19)17(21)20-9-8-14(20)10-12-4-2-1-3-5-12/h1-7,11,14H,8-10H2/t14-/m1/s1. The predicted octanol–water partition coefficient (Wildman–Crippen LogP) is 3.89. The molecule has 0 unspecified atom stereocenters. The summed E-state index contributed by atoms with van der Waals surface area (Å²) in [6, 6.07) is 15.1. The summed E-state index contributed by atoms with van der Waals surface area (Å²) in [5.41, 5.74) is 1.67. The van der Waals surface area contributed by atoms with Crippen LogP contribution in [0.3, 0.4) is 0 Å². The fourth-order valence-electron chi connectivity index (χ4n) is 2.60. The molecule has 0 spiro atoms. The zero-order chi connectivity index (χ0) is 14.8. The topological polar surface area (TPSA) is 20.3 Å². The second-order valence-corrected chi connectivity index (χ2v) is 6.42. The van der Waals surface area contributed by atoms with Gasteiger partial charge >= 0.3 is 0 Å². The molecule has 1 heterocycles. The van der Waals surface area contributed by atoms with E-state index in [0.29, 0.717) is 9.13 Å². The summed E-state index contributed by atoms with van der Waals surface area (Å²) in [5, 5.41) is 0. The third-order valence-electron chi connectivity index (χ3n) is 3.89. The van der Waals surface area contributed by atoms with Crippen molar-refractivity contribution in [3.05, 3.63) is 69.0 Å². The molecule has 108 valence electrons. The van der Waals surface area contributed by atoms with Gasteiger partial charge in [0, 0.05) is 21.7 Å². The van der Waals surface area contributed by atoms with Crippen molar-refractivity contribution in [3.63, 3.8) is 0 Å². The third kappa shape index (κ3) is 3.10. The molecular formula is C17H15FINO. The van der Waals surface area contributed by atoms with Crippen molar-refractivity contribution in [2.24, 2.45) is 0 Å². The highest BCUT2D eigenvalue weighted by Gasteiger charge is 2.32. The van der Waals surface area contributed by atoms with Crippen molar-refractivity contribution >= 4 is 28.5 Å².